The van der Waals surface area contributed by atoms with Gasteiger partial charge >= 0.3 is 0 Å². The molecule has 6 nitrogen and oxygen atoms in total. The van der Waals surface area contributed by atoms with E-state index in [0.717, 1.165) is 23.1 Å². The summed E-state index contributed by atoms with van der Waals surface area (Å²) in [5, 5.41) is 5.02. The molecule has 27 heavy (non-hydrogen) atoms. The number of amides is 1. The van der Waals surface area contributed by atoms with E-state index in [1.165, 1.54) is 5.56 Å². The van der Waals surface area contributed by atoms with Crippen LogP contribution in [-0.2, 0) is 13.5 Å². The number of fused-ring (bicyclic) bond motifs is 1. The van der Waals surface area contributed by atoms with Gasteiger partial charge < -0.3 is 10.6 Å². The highest BCUT2D eigenvalue weighted by Gasteiger charge is 2.20. The molecule has 0 aliphatic heterocycles. The zero-order valence-electron chi connectivity index (χ0n) is 15.5. The van der Waals surface area contributed by atoms with E-state index >= 15 is 0 Å². The summed E-state index contributed by atoms with van der Waals surface area (Å²) in [5.41, 5.74) is 9.10. The van der Waals surface area contributed by atoms with Crippen LogP contribution in [0.4, 0.5) is 0 Å². The van der Waals surface area contributed by atoms with Crippen molar-refractivity contribution in [2.45, 2.75) is 13.3 Å². The molecule has 0 aliphatic rings. The number of hydrogen-bond acceptors (Lipinski definition) is 4. The largest absolute Gasteiger partial charge is 0.337 e. The van der Waals surface area contributed by atoms with Gasteiger partial charge in [0.2, 0.25) is 0 Å². The lowest BCUT2D eigenvalue weighted by Crippen LogP contribution is -2.37. The van der Waals surface area contributed by atoms with Gasteiger partial charge in [-0.2, -0.15) is 5.10 Å². The Morgan fingerprint density at radius 1 is 1.19 bits per heavy atom. The minimum Gasteiger partial charge on any atom is -0.337 e. The van der Waals surface area contributed by atoms with Gasteiger partial charge in [-0.3, -0.25) is 9.48 Å². The quantitative estimate of drug-likeness (QED) is 0.678. The van der Waals surface area contributed by atoms with Crippen molar-refractivity contribution < 1.29 is 4.79 Å². The van der Waals surface area contributed by atoms with Gasteiger partial charge in [-0.25, -0.2) is 4.98 Å². The maximum absolute atomic E-state index is 13.1. The van der Waals surface area contributed by atoms with Crippen LogP contribution in [0.15, 0.2) is 42.6 Å². The molecule has 2 heterocycles. The Morgan fingerprint density at radius 2 is 1.89 bits per heavy atom. The van der Waals surface area contributed by atoms with Crippen LogP contribution in [0.25, 0.3) is 11.0 Å². The number of hydrogen-bond donors (Lipinski definition) is 1. The van der Waals surface area contributed by atoms with Crippen molar-refractivity contribution in [1.29, 1.82) is 0 Å². The summed E-state index contributed by atoms with van der Waals surface area (Å²) >= 11 is 0. The molecule has 146 valence electrons. The summed E-state index contributed by atoms with van der Waals surface area (Å²) in [7, 11) is 1.83. The van der Waals surface area contributed by atoms with Gasteiger partial charge in [-0.05, 0) is 25.0 Å². The Balaban J connectivity index is 0.00000182. The van der Waals surface area contributed by atoms with Crippen LogP contribution < -0.4 is 5.73 Å². The normalized spacial score (nSPS) is 10.2. The molecular weight excluding hydrogens is 385 g/mol. The maximum atomic E-state index is 13.1. The molecule has 0 bridgehead atoms. The van der Waals surface area contributed by atoms with Crippen LogP contribution in [-0.4, -0.2) is 45.2 Å². The maximum Gasteiger partial charge on any atom is 0.254 e. The Hall–Kier alpha value is -2.15. The molecule has 0 aliphatic carbocycles. The molecule has 0 saturated heterocycles. The third kappa shape index (κ3) is 5.19. The number of nitrogens with zero attached hydrogens (tertiary/aromatic N) is 4. The van der Waals surface area contributed by atoms with E-state index in [1.807, 2.05) is 43.1 Å². The van der Waals surface area contributed by atoms with E-state index in [9.17, 15) is 4.79 Å². The third-order valence-corrected chi connectivity index (χ3v) is 4.26. The molecule has 3 aromatic rings. The van der Waals surface area contributed by atoms with E-state index < -0.39 is 0 Å². The number of pyridine rings is 1. The van der Waals surface area contributed by atoms with Crippen molar-refractivity contribution in [3.63, 3.8) is 0 Å². The Bertz CT molecular complexity index is 882. The number of carbonyl (C=O) groups excluding carboxylic acids is 1. The Labute approximate surface area is 171 Å². The molecule has 0 fully saturated rings. The number of aryl methyl sites for hydroxylation is 2. The molecule has 0 radical (unpaired) electrons. The zero-order chi connectivity index (χ0) is 17.8. The van der Waals surface area contributed by atoms with Gasteiger partial charge in [0.05, 0.1) is 17.1 Å². The van der Waals surface area contributed by atoms with Crippen LogP contribution in [0, 0.1) is 6.92 Å². The average molecular weight is 410 g/mol. The first-order chi connectivity index (χ1) is 12.1. The number of carbonyl (C=O) groups is 1. The molecule has 0 spiro atoms. The highest BCUT2D eigenvalue weighted by atomic mass is 35.5. The van der Waals surface area contributed by atoms with Crippen LogP contribution in [0.3, 0.4) is 0 Å². The van der Waals surface area contributed by atoms with Gasteiger partial charge in [0, 0.05) is 32.4 Å². The number of benzene rings is 1. The van der Waals surface area contributed by atoms with Gasteiger partial charge in [0.25, 0.3) is 5.91 Å². The Kier molecular flexibility index (Phi) is 8.69. The topological polar surface area (TPSA) is 77.0 Å². The van der Waals surface area contributed by atoms with E-state index in [2.05, 4.69) is 22.2 Å². The molecule has 0 atom stereocenters. The van der Waals surface area contributed by atoms with Crippen LogP contribution in [0.2, 0.25) is 0 Å². The molecule has 3 rings (SSSR count). The van der Waals surface area contributed by atoms with Crippen LogP contribution >= 0.6 is 24.8 Å². The van der Waals surface area contributed by atoms with E-state index in [-0.39, 0.29) is 30.7 Å². The van der Waals surface area contributed by atoms with Gasteiger partial charge in [-0.1, -0.05) is 30.3 Å². The third-order valence-electron chi connectivity index (χ3n) is 4.26. The first kappa shape index (κ1) is 22.9. The first-order valence-corrected chi connectivity index (χ1v) is 8.42. The molecule has 2 N–H and O–H groups in total. The lowest BCUT2D eigenvalue weighted by Gasteiger charge is -2.22. The van der Waals surface area contributed by atoms with Crippen molar-refractivity contribution in [1.82, 2.24) is 19.7 Å². The van der Waals surface area contributed by atoms with Crippen molar-refractivity contribution in [2.75, 3.05) is 19.6 Å². The summed E-state index contributed by atoms with van der Waals surface area (Å²) in [6.45, 7) is 3.47. The van der Waals surface area contributed by atoms with Gasteiger partial charge in [0.15, 0.2) is 5.65 Å². The predicted octanol–water partition coefficient (Wildman–Crippen LogP) is 2.76. The summed E-state index contributed by atoms with van der Waals surface area (Å²) in [5.74, 6) is -0.0233. The van der Waals surface area contributed by atoms with Crippen LogP contribution in [0.1, 0.15) is 21.6 Å². The van der Waals surface area contributed by atoms with Crippen LogP contribution in [0.5, 0.6) is 0 Å². The molecule has 0 unspecified atom stereocenters. The average Bonchev–Trinajstić information content (AvgIpc) is 2.99. The summed E-state index contributed by atoms with van der Waals surface area (Å²) in [4.78, 5) is 19.4. The van der Waals surface area contributed by atoms with E-state index in [4.69, 9.17) is 5.73 Å². The van der Waals surface area contributed by atoms with Gasteiger partial charge in [-0.15, -0.1) is 24.8 Å². The van der Waals surface area contributed by atoms with Crippen molar-refractivity contribution >= 4 is 41.8 Å². The standard InChI is InChI=1S/C19H23N5O.2ClH/c1-14-12-16(17-13-21-23(2)18(17)22-14)19(25)24(11-9-20)10-8-15-6-4-3-5-7-15;;/h3-7,12-13H,8-11,20H2,1-2H3;2*1H. The number of rotatable bonds is 6. The predicted molar refractivity (Wildman–Crippen MR) is 113 cm³/mol. The van der Waals surface area contributed by atoms with Crippen molar-refractivity contribution in [3.8, 4) is 0 Å². The second-order valence-corrected chi connectivity index (χ2v) is 6.13. The smallest absolute Gasteiger partial charge is 0.254 e. The Morgan fingerprint density at radius 3 is 2.56 bits per heavy atom. The molecule has 2 aromatic heterocycles. The lowest BCUT2D eigenvalue weighted by atomic mass is 10.1. The summed E-state index contributed by atoms with van der Waals surface area (Å²) in [6.07, 6.45) is 2.50. The van der Waals surface area contributed by atoms with Gasteiger partial charge in [0.1, 0.15) is 0 Å². The van der Waals surface area contributed by atoms with E-state index in [1.54, 1.807) is 10.9 Å². The minimum absolute atomic E-state index is 0. The lowest BCUT2D eigenvalue weighted by molar-refractivity contribution is 0.0764. The van der Waals surface area contributed by atoms with Crippen molar-refractivity contribution in [2.24, 2.45) is 12.8 Å². The molecule has 0 saturated carbocycles. The highest BCUT2D eigenvalue weighted by molar-refractivity contribution is 6.05. The van der Waals surface area contributed by atoms with E-state index in [0.29, 0.717) is 25.2 Å². The molecule has 8 heteroatoms. The summed E-state index contributed by atoms with van der Waals surface area (Å²) in [6, 6.07) is 12.0. The molecule has 1 amide bonds. The number of aromatic nitrogens is 3. The monoisotopic (exact) mass is 409 g/mol. The fourth-order valence-corrected chi connectivity index (χ4v) is 2.97. The fourth-order valence-electron chi connectivity index (χ4n) is 2.97. The minimum atomic E-state index is -0.0233. The zero-order valence-corrected chi connectivity index (χ0v) is 17.1. The first-order valence-electron chi connectivity index (χ1n) is 8.42. The molecular formula is C19H25Cl2N5O. The second kappa shape index (κ2) is 10.3. The SMILES string of the molecule is Cc1cc(C(=O)N(CCN)CCc2ccccc2)c2cnn(C)c2n1.Cl.Cl. The molecule has 1 aromatic carbocycles. The highest BCUT2D eigenvalue weighted by Crippen LogP contribution is 2.19. The second-order valence-electron chi connectivity index (χ2n) is 6.13. The van der Waals surface area contributed by atoms with Crippen molar-refractivity contribution in [3.05, 3.63) is 59.4 Å². The number of nitrogens with two attached hydrogens (primary N) is 1. The summed E-state index contributed by atoms with van der Waals surface area (Å²) < 4.78 is 1.69. The fraction of sp³-hybridized carbons (Fsp3) is 0.316. The number of halogens is 2.